The van der Waals surface area contributed by atoms with Crippen LogP contribution in [0.1, 0.15) is 27.2 Å². The number of aromatic nitrogens is 1. The van der Waals surface area contributed by atoms with Crippen LogP contribution in [0.2, 0.25) is 16.8 Å². The van der Waals surface area contributed by atoms with E-state index in [0.717, 1.165) is 0 Å². The molecule has 1 aliphatic rings. The first-order chi connectivity index (χ1) is 8.40. The van der Waals surface area contributed by atoms with Crippen molar-refractivity contribution in [2.24, 2.45) is 0 Å². The Morgan fingerprint density at radius 2 is 1.85 bits per heavy atom. The van der Waals surface area contributed by atoms with E-state index in [2.05, 4.69) is 75.4 Å². The van der Waals surface area contributed by atoms with Crippen molar-refractivity contribution >= 4 is 35.5 Å². The normalized spacial score (nSPS) is 17.2. The number of nitrogens with one attached hydrogen (secondary N) is 1. The van der Waals surface area contributed by atoms with Crippen LogP contribution in [0.3, 0.4) is 0 Å². The van der Waals surface area contributed by atoms with Crippen LogP contribution in [0, 0.1) is 0 Å². The molecular formula is C15H27Cl2NSiTi. The van der Waals surface area contributed by atoms with Gasteiger partial charge in [0.25, 0.3) is 0 Å². The van der Waals surface area contributed by atoms with Crippen LogP contribution in [-0.2, 0) is 15.8 Å². The molecule has 1 aromatic heterocycles. The van der Waals surface area contributed by atoms with Crippen LogP contribution >= 0.6 is 24.8 Å². The summed E-state index contributed by atoms with van der Waals surface area (Å²) in [6, 6.07) is 4.54. The fourth-order valence-corrected chi connectivity index (χ4v) is 28.7. The van der Waals surface area contributed by atoms with Gasteiger partial charge in [-0.2, -0.15) is 0 Å². The van der Waals surface area contributed by atoms with E-state index in [-0.39, 0.29) is 24.8 Å². The standard InChI is InChI=1S/C5H5.C4H4N.C4H9.C2H7Si.2ClH.Ti/c2*1-2-4-5-3-1;1-4(2)3;1-3-2;;;/h1-3H,4H2;1-3,5H;1-3H3;3H,1-2H3;2*1H;. The Balaban J connectivity index is 0.00000180. The van der Waals surface area contributed by atoms with Crippen molar-refractivity contribution in [3.05, 3.63) is 40.4 Å². The molecule has 0 fully saturated rings. The van der Waals surface area contributed by atoms with E-state index in [1.54, 1.807) is 7.88 Å². The van der Waals surface area contributed by atoms with Gasteiger partial charge in [0.15, 0.2) is 0 Å². The van der Waals surface area contributed by atoms with Crippen LogP contribution in [-0.4, -0.2) is 11.6 Å². The Kier molecular flexibility index (Phi) is 7.61. The molecule has 0 spiro atoms. The molecule has 0 amide bonds. The summed E-state index contributed by atoms with van der Waals surface area (Å²) in [5.74, 6) is 0. The van der Waals surface area contributed by atoms with Crippen LogP contribution < -0.4 is 4.00 Å². The number of hydrogen-bond acceptors (Lipinski definition) is 0. The van der Waals surface area contributed by atoms with E-state index in [0.29, 0.717) is 3.72 Å². The first-order valence-corrected chi connectivity index (χ1v) is 14.8. The average molecular weight is 368 g/mol. The molecule has 1 heterocycles. The molecule has 0 aromatic carbocycles. The number of hydrogen-bond donors (Lipinski definition) is 1. The zero-order valence-electron chi connectivity index (χ0n) is 13.1. The first kappa shape index (κ1) is 20.3. The van der Waals surface area contributed by atoms with Gasteiger partial charge in [-0.15, -0.1) is 24.8 Å². The van der Waals surface area contributed by atoms with E-state index < -0.39 is 22.5 Å². The van der Waals surface area contributed by atoms with Gasteiger partial charge in [0.05, 0.1) is 0 Å². The second-order valence-corrected chi connectivity index (χ2v) is 24.6. The topological polar surface area (TPSA) is 15.8 Å². The van der Waals surface area contributed by atoms with Crippen molar-refractivity contribution in [2.75, 3.05) is 0 Å². The number of H-pyrrole nitrogens is 1. The maximum Gasteiger partial charge on any atom is -0.147 e. The number of rotatable bonds is 3. The van der Waals surface area contributed by atoms with Crippen molar-refractivity contribution in [1.29, 1.82) is 0 Å². The molecule has 1 N–H and O–H groups in total. The molecule has 114 valence electrons. The van der Waals surface area contributed by atoms with Crippen molar-refractivity contribution in [2.45, 2.75) is 44.0 Å². The van der Waals surface area contributed by atoms with Crippen LogP contribution in [0.15, 0.2) is 40.4 Å². The van der Waals surface area contributed by atoms with Crippen molar-refractivity contribution in [3.8, 4) is 0 Å². The molecule has 20 heavy (non-hydrogen) atoms. The maximum atomic E-state index is 3.59. The van der Waals surface area contributed by atoms with E-state index in [1.807, 2.05) is 0 Å². The van der Waals surface area contributed by atoms with Gasteiger partial charge in [-0.3, -0.25) is 0 Å². The van der Waals surface area contributed by atoms with Gasteiger partial charge in [-0.05, 0) is 0 Å². The minimum absolute atomic E-state index is 0. The quantitative estimate of drug-likeness (QED) is 0.746. The fourth-order valence-electron chi connectivity index (χ4n) is 3.92. The molecule has 1 aliphatic carbocycles. The summed E-state index contributed by atoms with van der Waals surface area (Å²) in [5.41, 5.74) is 0. The molecule has 0 saturated heterocycles. The summed E-state index contributed by atoms with van der Waals surface area (Å²) in [6.45, 7) is 11.8. The molecule has 1 unspecified atom stereocenters. The maximum absolute atomic E-state index is 3.59. The third kappa shape index (κ3) is 3.20. The average Bonchev–Trinajstić information content (AvgIpc) is 2.87. The van der Waals surface area contributed by atoms with E-state index in [1.165, 1.54) is 6.42 Å². The Labute approximate surface area is 140 Å². The number of aromatic amines is 1. The summed E-state index contributed by atoms with van der Waals surface area (Å²) in [6.07, 6.45) is 10.3. The summed E-state index contributed by atoms with van der Waals surface area (Å²) in [5, 5.41) is 0. The molecule has 0 radical (unpaired) electrons. The Morgan fingerprint density at radius 1 is 1.20 bits per heavy atom. The Morgan fingerprint density at radius 3 is 2.20 bits per heavy atom. The fraction of sp³-hybridized carbons (Fsp3) is 0.467. The van der Waals surface area contributed by atoms with E-state index in [4.69, 9.17) is 0 Å². The molecular weight excluding hydrogens is 341 g/mol. The molecule has 1 atom stereocenters. The van der Waals surface area contributed by atoms with Gasteiger partial charge in [0.1, 0.15) is 0 Å². The zero-order chi connectivity index (χ0) is 13.4. The molecule has 2 rings (SSSR count). The number of allylic oxidation sites excluding steroid dienone is 4. The first-order valence-electron chi connectivity index (χ1n) is 6.90. The van der Waals surface area contributed by atoms with Crippen LogP contribution in [0.4, 0.5) is 0 Å². The van der Waals surface area contributed by atoms with Gasteiger partial charge in [0, 0.05) is 0 Å². The second kappa shape index (κ2) is 7.51. The van der Waals surface area contributed by atoms with Gasteiger partial charge in [-0.25, -0.2) is 0 Å². The molecule has 1 aromatic rings. The minimum Gasteiger partial charge on any atom is -0.147 e. The molecule has 1 nitrogen and oxygen atoms in total. The molecule has 0 saturated carbocycles. The van der Waals surface area contributed by atoms with Crippen molar-refractivity contribution < 1.29 is 15.8 Å². The summed E-state index contributed by atoms with van der Waals surface area (Å²) >= 11 is -2.22. The number of halogens is 2. The summed E-state index contributed by atoms with van der Waals surface area (Å²) in [4.78, 5) is 3.59. The largest absolute Gasteiger partial charge is 0.147 e. The monoisotopic (exact) mass is 367 g/mol. The van der Waals surface area contributed by atoms with E-state index in [9.17, 15) is 0 Å². The Bertz CT molecular complexity index is 475. The predicted octanol–water partition coefficient (Wildman–Crippen LogP) is 4.68. The Hall–Kier alpha value is 0.271. The zero-order valence-corrected chi connectivity index (χ0v) is 17.4. The van der Waals surface area contributed by atoms with E-state index >= 15 is 0 Å². The van der Waals surface area contributed by atoms with Gasteiger partial charge >= 0.3 is 116 Å². The minimum atomic E-state index is -2.22. The van der Waals surface area contributed by atoms with Gasteiger partial charge < -0.3 is 0 Å². The third-order valence-electron chi connectivity index (χ3n) is 4.35. The van der Waals surface area contributed by atoms with Gasteiger partial charge in [0.2, 0.25) is 0 Å². The molecule has 0 aliphatic heterocycles. The molecule has 5 heteroatoms. The predicted molar refractivity (Wildman–Crippen MR) is 95.4 cm³/mol. The SMILES string of the molecule is C[SiH](C)[Ti]([C]1=CC=CC1)([c]1ccc[nH]1)[C](C)(C)C.Cl.Cl. The third-order valence-corrected chi connectivity index (χ3v) is 28.2. The summed E-state index contributed by atoms with van der Waals surface area (Å²) in [7, 11) is 0. The summed E-state index contributed by atoms with van der Waals surface area (Å²) < 4.78 is 3.81. The van der Waals surface area contributed by atoms with Crippen molar-refractivity contribution in [1.82, 2.24) is 4.98 Å². The van der Waals surface area contributed by atoms with Crippen LogP contribution in [0.25, 0.3) is 0 Å². The van der Waals surface area contributed by atoms with Crippen LogP contribution in [0.5, 0.6) is 0 Å². The second-order valence-electron chi connectivity index (χ2n) is 6.62. The molecule has 0 bridgehead atoms. The van der Waals surface area contributed by atoms with Crippen molar-refractivity contribution in [3.63, 3.8) is 0 Å². The smallest absolute Gasteiger partial charge is 0.147 e. The van der Waals surface area contributed by atoms with Gasteiger partial charge in [-0.1, -0.05) is 0 Å².